The first kappa shape index (κ1) is 21.3. The monoisotopic (exact) mass is 454 g/mol. The Morgan fingerprint density at radius 1 is 1.13 bits per heavy atom. The molecule has 0 atom stereocenters. The number of amides is 1. The molecule has 4 aromatic rings. The van der Waals surface area contributed by atoms with E-state index in [2.05, 4.69) is 0 Å². The summed E-state index contributed by atoms with van der Waals surface area (Å²) in [5.74, 6) is 2.41. The van der Waals surface area contributed by atoms with Crippen LogP contribution in [0.15, 0.2) is 64.1 Å². The minimum absolute atomic E-state index is 0.0482. The van der Waals surface area contributed by atoms with Gasteiger partial charge >= 0.3 is 0 Å². The van der Waals surface area contributed by atoms with Crippen LogP contribution >= 0.6 is 23.1 Å². The number of hydrogen-bond donors (Lipinski definition) is 0. The molecule has 0 unspecified atom stereocenters. The Hall–Kier alpha value is -2.97. The minimum Gasteiger partial charge on any atom is -0.497 e. The summed E-state index contributed by atoms with van der Waals surface area (Å²) in [6.45, 7) is 2.35. The van der Waals surface area contributed by atoms with Crippen LogP contribution in [0.25, 0.3) is 10.2 Å². The zero-order chi connectivity index (χ0) is 21.8. The summed E-state index contributed by atoms with van der Waals surface area (Å²) < 4.78 is 17.2. The molecule has 6 nitrogen and oxygen atoms in total. The molecule has 0 radical (unpaired) electrons. The average molecular weight is 455 g/mol. The molecule has 0 aliphatic heterocycles. The van der Waals surface area contributed by atoms with Gasteiger partial charge in [-0.1, -0.05) is 17.4 Å². The third-order valence-corrected chi connectivity index (χ3v) is 6.97. The van der Waals surface area contributed by atoms with Crippen LogP contribution in [-0.4, -0.2) is 30.9 Å². The lowest BCUT2D eigenvalue weighted by atomic mass is 10.2. The average Bonchev–Trinajstić information content (AvgIpc) is 3.47. The highest BCUT2D eigenvalue weighted by molar-refractivity contribution is 8.00. The maximum Gasteiger partial charge on any atom is 0.239 e. The number of hydrogen-bond acceptors (Lipinski definition) is 7. The Labute approximate surface area is 188 Å². The van der Waals surface area contributed by atoms with Crippen LogP contribution in [-0.2, 0) is 11.3 Å². The topological polar surface area (TPSA) is 64.8 Å². The fourth-order valence-electron chi connectivity index (χ4n) is 3.09. The van der Waals surface area contributed by atoms with Crippen molar-refractivity contribution in [3.63, 3.8) is 0 Å². The Morgan fingerprint density at radius 3 is 2.61 bits per heavy atom. The van der Waals surface area contributed by atoms with E-state index in [4.69, 9.17) is 18.9 Å². The molecule has 2 heterocycles. The van der Waals surface area contributed by atoms with Crippen LogP contribution in [0.1, 0.15) is 11.3 Å². The van der Waals surface area contributed by atoms with Gasteiger partial charge in [-0.05, 0) is 55.0 Å². The van der Waals surface area contributed by atoms with Crippen molar-refractivity contribution in [1.82, 2.24) is 4.98 Å². The standard InChI is InChI=1S/C23H22N2O4S2/c1-15-6-11-19(28-3)21-22(15)31-23(24-21)25(13-17-5-4-12-29-17)20(26)14-30-18-9-7-16(27-2)8-10-18/h4-12H,13-14H2,1-3H3. The highest BCUT2D eigenvalue weighted by Gasteiger charge is 2.23. The molecule has 160 valence electrons. The summed E-state index contributed by atoms with van der Waals surface area (Å²) in [5, 5.41) is 0.624. The second kappa shape index (κ2) is 9.45. The third-order valence-electron chi connectivity index (χ3n) is 4.76. The lowest BCUT2D eigenvalue weighted by Gasteiger charge is -2.18. The Balaban J connectivity index is 1.61. The summed E-state index contributed by atoms with van der Waals surface area (Å²) in [6.07, 6.45) is 1.61. The number of methoxy groups -OCH3 is 2. The van der Waals surface area contributed by atoms with Crippen LogP contribution < -0.4 is 14.4 Å². The number of aromatic nitrogens is 1. The number of carbonyl (C=O) groups excluding carboxylic acids is 1. The predicted octanol–water partition coefficient (Wildman–Crippen LogP) is 5.54. The number of carbonyl (C=O) groups is 1. The van der Waals surface area contributed by atoms with Gasteiger partial charge in [0.2, 0.25) is 5.91 Å². The van der Waals surface area contributed by atoms with Gasteiger partial charge in [0.1, 0.15) is 22.8 Å². The van der Waals surface area contributed by atoms with Gasteiger partial charge in [-0.2, -0.15) is 0 Å². The van der Waals surface area contributed by atoms with Crippen LogP contribution in [0.3, 0.4) is 0 Å². The summed E-state index contributed by atoms with van der Waals surface area (Å²) in [5.41, 5.74) is 1.86. The summed E-state index contributed by atoms with van der Waals surface area (Å²) in [7, 11) is 3.26. The van der Waals surface area contributed by atoms with Gasteiger partial charge in [-0.3, -0.25) is 9.69 Å². The van der Waals surface area contributed by atoms with Crippen molar-refractivity contribution in [2.75, 3.05) is 24.9 Å². The molecule has 31 heavy (non-hydrogen) atoms. The molecule has 8 heteroatoms. The molecule has 1 amide bonds. The fraction of sp³-hybridized carbons (Fsp3) is 0.217. The smallest absolute Gasteiger partial charge is 0.239 e. The fourth-order valence-corrected chi connectivity index (χ4v) is 4.94. The molecule has 0 N–H and O–H groups in total. The lowest BCUT2D eigenvalue weighted by Crippen LogP contribution is -2.31. The normalized spacial score (nSPS) is 10.9. The second-order valence-electron chi connectivity index (χ2n) is 6.78. The Kier molecular flexibility index (Phi) is 6.48. The van der Waals surface area contributed by atoms with E-state index in [1.807, 2.05) is 55.5 Å². The molecule has 0 aliphatic carbocycles. The molecular formula is C23H22N2O4S2. The molecule has 0 fully saturated rings. The zero-order valence-electron chi connectivity index (χ0n) is 17.5. The van der Waals surface area contributed by atoms with Crippen molar-refractivity contribution >= 4 is 44.4 Å². The number of anilines is 1. The molecule has 0 spiro atoms. The van der Waals surface area contributed by atoms with Crippen molar-refractivity contribution in [3.8, 4) is 11.5 Å². The maximum absolute atomic E-state index is 13.3. The number of thioether (sulfide) groups is 1. The van der Waals surface area contributed by atoms with E-state index in [1.165, 1.54) is 23.1 Å². The van der Waals surface area contributed by atoms with Crippen molar-refractivity contribution in [1.29, 1.82) is 0 Å². The third kappa shape index (κ3) is 4.70. The van der Waals surface area contributed by atoms with Gasteiger partial charge in [0.15, 0.2) is 5.13 Å². The van der Waals surface area contributed by atoms with E-state index in [0.29, 0.717) is 23.2 Å². The summed E-state index contributed by atoms with van der Waals surface area (Å²) >= 11 is 2.96. The number of furan rings is 1. The first-order valence-corrected chi connectivity index (χ1v) is 11.4. The van der Waals surface area contributed by atoms with Gasteiger partial charge in [0.25, 0.3) is 0 Å². The van der Waals surface area contributed by atoms with Gasteiger partial charge in [-0.25, -0.2) is 4.98 Å². The van der Waals surface area contributed by atoms with Crippen LogP contribution in [0, 0.1) is 6.92 Å². The Morgan fingerprint density at radius 2 is 1.94 bits per heavy atom. The summed E-state index contributed by atoms with van der Waals surface area (Å²) in [4.78, 5) is 20.7. The molecule has 2 aromatic carbocycles. The summed E-state index contributed by atoms with van der Waals surface area (Å²) in [6, 6.07) is 15.2. The van der Waals surface area contributed by atoms with Crippen LogP contribution in [0.4, 0.5) is 5.13 Å². The largest absolute Gasteiger partial charge is 0.497 e. The highest BCUT2D eigenvalue weighted by Crippen LogP contribution is 2.37. The van der Waals surface area contributed by atoms with Gasteiger partial charge < -0.3 is 13.9 Å². The number of rotatable bonds is 8. The number of aryl methyl sites for hydroxylation is 1. The number of benzene rings is 2. The van der Waals surface area contributed by atoms with Gasteiger partial charge in [0.05, 0.1) is 37.5 Å². The minimum atomic E-state index is -0.0482. The number of nitrogens with zero attached hydrogens (tertiary/aromatic N) is 2. The number of thiazole rings is 1. The first-order chi connectivity index (χ1) is 15.1. The SMILES string of the molecule is COc1ccc(SCC(=O)N(Cc2ccco2)c2nc3c(OC)ccc(C)c3s2)cc1. The van der Waals surface area contributed by atoms with E-state index < -0.39 is 0 Å². The van der Waals surface area contributed by atoms with Crippen molar-refractivity contribution in [2.24, 2.45) is 0 Å². The van der Waals surface area contributed by atoms with Gasteiger partial charge in [0, 0.05) is 4.90 Å². The lowest BCUT2D eigenvalue weighted by molar-refractivity contribution is -0.116. The van der Waals surface area contributed by atoms with Crippen molar-refractivity contribution < 1.29 is 18.7 Å². The van der Waals surface area contributed by atoms with Crippen LogP contribution in [0.2, 0.25) is 0 Å². The van der Waals surface area contributed by atoms with Gasteiger partial charge in [-0.15, -0.1) is 11.8 Å². The molecular weight excluding hydrogens is 432 g/mol. The van der Waals surface area contributed by atoms with E-state index in [-0.39, 0.29) is 11.7 Å². The Bertz CT molecular complexity index is 1170. The molecule has 0 aliphatic rings. The van der Waals surface area contributed by atoms with Crippen LogP contribution in [0.5, 0.6) is 11.5 Å². The van der Waals surface area contributed by atoms with Crippen molar-refractivity contribution in [3.05, 3.63) is 66.1 Å². The molecule has 0 bridgehead atoms. The van der Waals surface area contributed by atoms with Crippen molar-refractivity contribution in [2.45, 2.75) is 18.4 Å². The zero-order valence-corrected chi connectivity index (χ0v) is 19.1. The highest BCUT2D eigenvalue weighted by atomic mass is 32.2. The molecule has 0 saturated carbocycles. The van der Waals surface area contributed by atoms with E-state index in [0.717, 1.165) is 26.4 Å². The second-order valence-corrected chi connectivity index (χ2v) is 8.81. The van der Waals surface area contributed by atoms with E-state index in [9.17, 15) is 4.79 Å². The molecule has 2 aromatic heterocycles. The number of fused-ring (bicyclic) bond motifs is 1. The first-order valence-electron chi connectivity index (χ1n) is 9.62. The molecule has 0 saturated heterocycles. The molecule has 4 rings (SSSR count). The van der Waals surface area contributed by atoms with E-state index in [1.54, 1.807) is 25.4 Å². The predicted molar refractivity (Wildman–Crippen MR) is 125 cm³/mol. The quantitative estimate of drug-likeness (QED) is 0.326. The maximum atomic E-state index is 13.3. The number of ether oxygens (including phenoxy) is 2. The van der Waals surface area contributed by atoms with E-state index >= 15 is 0 Å².